The summed E-state index contributed by atoms with van der Waals surface area (Å²) in [5.74, 6) is 2.24. The molecule has 2 aromatic carbocycles. The fourth-order valence-corrected chi connectivity index (χ4v) is 3.48. The largest absolute Gasteiger partial charge is 0.493 e. The zero-order valence-corrected chi connectivity index (χ0v) is 16.4. The molecule has 1 aliphatic rings. The van der Waals surface area contributed by atoms with E-state index < -0.39 is 0 Å². The Morgan fingerprint density at radius 3 is 2.62 bits per heavy atom. The standard InChI is InChI=1S/C22H22N4O3/c1-28-18-8-7-15(13-19(18)29-2)14-22(27)23-20-9-10-21(25-24-20)26-12-11-16-5-3-4-6-17(16)26/h3-10,13H,11-12,14H2,1-2H3,(H,23,24,27). The van der Waals surface area contributed by atoms with Crippen molar-refractivity contribution in [3.8, 4) is 11.5 Å². The number of rotatable bonds is 6. The Balaban J connectivity index is 1.41. The third-order valence-corrected chi connectivity index (χ3v) is 4.89. The molecule has 4 rings (SSSR count). The average molecular weight is 390 g/mol. The second kappa shape index (κ2) is 8.18. The maximum atomic E-state index is 12.4. The molecule has 0 spiro atoms. The van der Waals surface area contributed by atoms with Crippen LogP contribution in [-0.2, 0) is 17.6 Å². The number of benzene rings is 2. The van der Waals surface area contributed by atoms with Gasteiger partial charge in [-0.15, -0.1) is 10.2 Å². The molecule has 0 fully saturated rings. The van der Waals surface area contributed by atoms with E-state index in [4.69, 9.17) is 9.47 Å². The first-order valence-electron chi connectivity index (χ1n) is 9.38. The van der Waals surface area contributed by atoms with Crippen LogP contribution in [0.25, 0.3) is 0 Å². The van der Waals surface area contributed by atoms with Crippen molar-refractivity contribution < 1.29 is 14.3 Å². The highest BCUT2D eigenvalue weighted by Crippen LogP contribution is 2.33. The Bertz CT molecular complexity index is 1020. The lowest BCUT2D eigenvalue weighted by Crippen LogP contribution is -2.18. The van der Waals surface area contributed by atoms with Crippen molar-refractivity contribution in [2.24, 2.45) is 0 Å². The van der Waals surface area contributed by atoms with Gasteiger partial charge in [-0.25, -0.2) is 0 Å². The topological polar surface area (TPSA) is 76.6 Å². The zero-order chi connectivity index (χ0) is 20.2. The van der Waals surface area contributed by atoms with Gasteiger partial charge in [0.2, 0.25) is 5.91 Å². The van der Waals surface area contributed by atoms with E-state index in [0.29, 0.717) is 17.3 Å². The number of carbonyl (C=O) groups is 1. The van der Waals surface area contributed by atoms with Crippen LogP contribution in [0, 0.1) is 0 Å². The first-order valence-corrected chi connectivity index (χ1v) is 9.38. The number of hydrogen-bond donors (Lipinski definition) is 1. The van der Waals surface area contributed by atoms with Gasteiger partial charge in [0, 0.05) is 12.2 Å². The number of fused-ring (bicyclic) bond motifs is 1. The summed E-state index contributed by atoms with van der Waals surface area (Å²) in [6.07, 6.45) is 1.19. The minimum Gasteiger partial charge on any atom is -0.493 e. The minimum absolute atomic E-state index is 0.175. The second-order valence-electron chi connectivity index (χ2n) is 6.72. The van der Waals surface area contributed by atoms with Crippen LogP contribution in [0.4, 0.5) is 17.3 Å². The molecule has 3 aromatic rings. The summed E-state index contributed by atoms with van der Waals surface area (Å²) in [5, 5.41) is 11.3. The highest BCUT2D eigenvalue weighted by molar-refractivity contribution is 5.91. The van der Waals surface area contributed by atoms with Gasteiger partial charge < -0.3 is 19.7 Å². The molecule has 7 nitrogen and oxygen atoms in total. The number of ether oxygens (including phenoxy) is 2. The number of nitrogens with one attached hydrogen (secondary N) is 1. The Morgan fingerprint density at radius 1 is 1.03 bits per heavy atom. The normalized spacial score (nSPS) is 12.4. The molecule has 2 heterocycles. The maximum Gasteiger partial charge on any atom is 0.229 e. The molecule has 1 amide bonds. The summed E-state index contributed by atoms with van der Waals surface area (Å²) in [6, 6.07) is 17.3. The van der Waals surface area contributed by atoms with Gasteiger partial charge >= 0.3 is 0 Å². The molecule has 148 valence electrons. The lowest BCUT2D eigenvalue weighted by atomic mass is 10.1. The van der Waals surface area contributed by atoms with Crippen molar-refractivity contribution in [1.29, 1.82) is 0 Å². The van der Waals surface area contributed by atoms with E-state index in [1.165, 1.54) is 5.56 Å². The molecule has 1 aliphatic heterocycles. The maximum absolute atomic E-state index is 12.4. The van der Waals surface area contributed by atoms with Crippen LogP contribution in [0.5, 0.6) is 11.5 Å². The summed E-state index contributed by atoms with van der Waals surface area (Å²) in [5.41, 5.74) is 3.28. The van der Waals surface area contributed by atoms with Gasteiger partial charge in [-0.2, -0.15) is 0 Å². The molecular formula is C22H22N4O3. The second-order valence-corrected chi connectivity index (χ2v) is 6.72. The molecule has 7 heteroatoms. The first kappa shape index (κ1) is 18.7. The van der Waals surface area contributed by atoms with Crippen LogP contribution in [0.3, 0.4) is 0 Å². The van der Waals surface area contributed by atoms with Gasteiger partial charge in [0.1, 0.15) is 0 Å². The third-order valence-electron chi connectivity index (χ3n) is 4.89. The summed E-state index contributed by atoms with van der Waals surface area (Å²) < 4.78 is 10.5. The fourth-order valence-electron chi connectivity index (χ4n) is 3.48. The van der Waals surface area contributed by atoms with E-state index in [1.807, 2.05) is 24.3 Å². The van der Waals surface area contributed by atoms with Gasteiger partial charge in [0.05, 0.1) is 20.6 Å². The van der Waals surface area contributed by atoms with Crippen LogP contribution in [-0.4, -0.2) is 36.9 Å². The van der Waals surface area contributed by atoms with E-state index >= 15 is 0 Å². The Kier molecular flexibility index (Phi) is 5.29. The van der Waals surface area contributed by atoms with Gasteiger partial charge in [-0.05, 0) is 47.9 Å². The van der Waals surface area contributed by atoms with Gasteiger partial charge in [-0.3, -0.25) is 4.79 Å². The van der Waals surface area contributed by atoms with Crippen molar-refractivity contribution >= 4 is 23.2 Å². The number of hydrogen-bond acceptors (Lipinski definition) is 6. The lowest BCUT2D eigenvalue weighted by Gasteiger charge is -2.17. The molecule has 0 saturated carbocycles. The predicted octanol–water partition coefficient (Wildman–Crippen LogP) is 3.37. The van der Waals surface area contributed by atoms with Crippen LogP contribution in [0.15, 0.2) is 54.6 Å². The number of para-hydroxylation sites is 1. The molecular weight excluding hydrogens is 368 g/mol. The molecule has 0 radical (unpaired) electrons. The summed E-state index contributed by atoms with van der Waals surface area (Å²) in [4.78, 5) is 14.5. The minimum atomic E-state index is -0.175. The number of nitrogens with zero attached hydrogens (tertiary/aromatic N) is 3. The molecule has 0 unspecified atom stereocenters. The predicted molar refractivity (Wildman–Crippen MR) is 111 cm³/mol. The summed E-state index contributed by atoms with van der Waals surface area (Å²) in [6.45, 7) is 0.874. The van der Waals surface area contributed by atoms with E-state index in [1.54, 1.807) is 32.4 Å². The number of anilines is 3. The zero-order valence-electron chi connectivity index (χ0n) is 16.4. The summed E-state index contributed by atoms with van der Waals surface area (Å²) in [7, 11) is 3.14. The molecule has 0 atom stereocenters. The van der Waals surface area contributed by atoms with Crippen LogP contribution in [0.1, 0.15) is 11.1 Å². The van der Waals surface area contributed by atoms with Crippen molar-refractivity contribution in [3.63, 3.8) is 0 Å². The number of amides is 1. The number of methoxy groups -OCH3 is 2. The van der Waals surface area contributed by atoms with E-state index in [-0.39, 0.29) is 12.3 Å². The molecule has 1 aromatic heterocycles. The lowest BCUT2D eigenvalue weighted by molar-refractivity contribution is -0.115. The first-order chi connectivity index (χ1) is 14.2. The smallest absolute Gasteiger partial charge is 0.229 e. The van der Waals surface area contributed by atoms with E-state index in [9.17, 15) is 4.79 Å². The van der Waals surface area contributed by atoms with E-state index in [0.717, 1.165) is 30.0 Å². The van der Waals surface area contributed by atoms with Crippen molar-refractivity contribution in [2.75, 3.05) is 31.0 Å². The average Bonchev–Trinajstić information content (AvgIpc) is 3.18. The van der Waals surface area contributed by atoms with Crippen LogP contribution >= 0.6 is 0 Å². The highest BCUT2D eigenvalue weighted by atomic mass is 16.5. The van der Waals surface area contributed by atoms with Crippen molar-refractivity contribution in [3.05, 3.63) is 65.7 Å². The van der Waals surface area contributed by atoms with Crippen LogP contribution in [0.2, 0.25) is 0 Å². The Labute approximate surface area is 169 Å². The molecule has 0 bridgehead atoms. The fraction of sp³-hybridized carbons (Fsp3) is 0.227. The summed E-state index contributed by atoms with van der Waals surface area (Å²) >= 11 is 0. The molecule has 1 N–H and O–H groups in total. The third kappa shape index (κ3) is 3.99. The van der Waals surface area contributed by atoms with Gasteiger partial charge in [0.25, 0.3) is 0 Å². The van der Waals surface area contributed by atoms with Gasteiger partial charge in [0.15, 0.2) is 23.1 Å². The van der Waals surface area contributed by atoms with Crippen molar-refractivity contribution in [1.82, 2.24) is 10.2 Å². The Hall–Kier alpha value is -3.61. The number of aromatic nitrogens is 2. The highest BCUT2D eigenvalue weighted by Gasteiger charge is 2.21. The molecule has 0 aliphatic carbocycles. The monoisotopic (exact) mass is 390 g/mol. The SMILES string of the molecule is COc1ccc(CC(=O)Nc2ccc(N3CCc4ccccc43)nn2)cc1OC. The van der Waals surface area contributed by atoms with E-state index in [2.05, 4.69) is 32.5 Å². The van der Waals surface area contributed by atoms with Crippen LogP contribution < -0.4 is 19.7 Å². The van der Waals surface area contributed by atoms with Crippen molar-refractivity contribution in [2.45, 2.75) is 12.8 Å². The quantitative estimate of drug-likeness (QED) is 0.695. The molecule has 0 saturated heterocycles. The molecule has 29 heavy (non-hydrogen) atoms. The number of carbonyl (C=O) groups excluding carboxylic acids is 1. The Morgan fingerprint density at radius 2 is 1.86 bits per heavy atom. The van der Waals surface area contributed by atoms with Gasteiger partial charge in [-0.1, -0.05) is 24.3 Å².